The van der Waals surface area contributed by atoms with Crippen molar-refractivity contribution in [3.8, 4) is 0 Å². The van der Waals surface area contributed by atoms with E-state index in [1.807, 2.05) is 36.4 Å². The van der Waals surface area contributed by atoms with Gasteiger partial charge in [0, 0.05) is 12.8 Å². The van der Waals surface area contributed by atoms with Gasteiger partial charge in [0.15, 0.2) is 0 Å². The summed E-state index contributed by atoms with van der Waals surface area (Å²) < 4.78 is 10.4. The molecular weight excluding hydrogens is 340 g/mol. The third-order valence-corrected chi connectivity index (χ3v) is 4.19. The van der Waals surface area contributed by atoms with E-state index in [0.717, 1.165) is 25.7 Å². The third-order valence-electron chi connectivity index (χ3n) is 4.19. The zero-order valence-corrected chi connectivity index (χ0v) is 15.8. The van der Waals surface area contributed by atoms with Crippen molar-refractivity contribution in [3.63, 3.8) is 0 Å². The lowest BCUT2D eigenvalue weighted by molar-refractivity contribution is -0.145. The number of esters is 2. The number of carbonyl (C=O) groups excluding carboxylic acids is 2. The molecule has 0 N–H and O–H groups in total. The summed E-state index contributed by atoms with van der Waals surface area (Å²) in [5.41, 5.74) is 2.48. The molecule has 4 nitrogen and oxygen atoms in total. The van der Waals surface area contributed by atoms with Crippen molar-refractivity contribution >= 4 is 11.9 Å². The van der Waals surface area contributed by atoms with E-state index in [2.05, 4.69) is 24.3 Å². The predicted octanol–water partition coefficient (Wildman–Crippen LogP) is 4.51. The fraction of sp³-hybridized carbons (Fsp3) is 0.391. The fourth-order valence-electron chi connectivity index (χ4n) is 2.74. The number of hydrogen-bond donors (Lipinski definition) is 0. The van der Waals surface area contributed by atoms with Crippen LogP contribution in [0.2, 0.25) is 0 Å². The molecule has 0 amide bonds. The van der Waals surface area contributed by atoms with Crippen LogP contribution in [0, 0.1) is 0 Å². The minimum Gasteiger partial charge on any atom is -0.466 e. The van der Waals surface area contributed by atoms with Gasteiger partial charge in [-0.15, -0.1) is 0 Å². The molecule has 0 radical (unpaired) electrons. The van der Waals surface area contributed by atoms with Crippen molar-refractivity contribution in [1.29, 1.82) is 0 Å². The first-order chi connectivity index (χ1) is 13.2. The maximum absolute atomic E-state index is 11.7. The summed E-state index contributed by atoms with van der Waals surface area (Å²) in [6.07, 6.45) is 4.37. The number of rotatable bonds is 12. The first-order valence-corrected chi connectivity index (χ1v) is 9.63. The number of ether oxygens (including phenoxy) is 2. The molecule has 2 rings (SSSR count). The molecule has 0 aromatic heterocycles. The molecule has 27 heavy (non-hydrogen) atoms. The number of benzene rings is 2. The van der Waals surface area contributed by atoms with Gasteiger partial charge in [0.1, 0.15) is 0 Å². The summed E-state index contributed by atoms with van der Waals surface area (Å²) in [5.74, 6) is -0.500. The lowest BCUT2D eigenvalue weighted by atomic mass is 10.1. The molecule has 0 saturated heterocycles. The maximum atomic E-state index is 11.7. The minimum absolute atomic E-state index is 0.250. The first kappa shape index (κ1) is 20.7. The Labute approximate surface area is 161 Å². The van der Waals surface area contributed by atoms with Gasteiger partial charge in [-0.3, -0.25) is 9.59 Å². The molecule has 0 spiro atoms. The van der Waals surface area contributed by atoms with Crippen molar-refractivity contribution in [2.24, 2.45) is 0 Å². The average Bonchev–Trinajstić information content (AvgIpc) is 2.70. The van der Waals surface area contributed by atoms with Crippen LogP contribution in [0.5, 0.6) is 0 Å². The van der Waals surface area contributed by atoms with Gasteiger partial charge in [-0.05, 0) is 43.2 Å². The van der Waals surface area contributed by atoms with Crippen LogP contribution in [0.4, 0.5) is 0 Å². The summed E-state index contributed by atoms with van der Waals surface area (Å²) in [7, 11) is 0. The van der Waals surface area contributed by atoms with E-state index in [0.29, 0.717) is 19.6 Å². The van der Waals surface area contributed by atoms with Crippen LogP contribution in [0.3, 0.4) is 0 Å². The lowest BCUT2D eigenvalue weighted by Gasteiger charge is -2.06. The highest BCUT2D eigenvalue weighted by molar-refractivity contribution is 5.72. The molecule has 144 valence electrons. The molecule has 2 aromatic carbocycles. The van der Waals surface area contributed by atoms with Crippen molar-refractivity contribution in [1.82, 2.24) is 0 Å². The van der Waals surface area contributed by atoms with Crippen molar-refractivity contribution in [2.75, 3.05) is 13.2 Å². The van der Waals surface area contributed by atoms with Gasteiger partial charge in [-0.2, -0.15) is 0 Å². The smallest absolute Gasteiger partial charge is 0.305 e. The van der Waals surface area contributed by atoms with E-state index in [9.17, 15) is 9.59 Å². The number of hydrogen-bond acceptors (Lipinski definition) is 4. The van der Waals surface area contributed by atoms with E-state index in [-0.39, 0.29) is 24.8 Å². The van der Waals surface area contributed by atoms with E-state index >= 15 is 0 Å². The molecule has 0 atom stereocenters. The highest BCUT2D eigenvalue weighted by Gasteiger charge is 2.07. The molecule has 0 bridgehead atoms. The Morgan fingerprint density at radius 3 is 1.41 bits per heavy atom. The normalized spacial score (nSPS) is 10.4. The highest BCUT2D eigenvalue weighted by Crippen LogP contribution is 2.06. The first-order valence-electron chi connectivity index (χ1n) is 9.63. The van der Waals surface area contributed by atoms with Crippen LogP contribution >= 0.6 is 0 Å². The van der Waals surface area contributed by atoms with Crippen molar-refractivity contribution in [3.05, 3.63) is 71.8 Å². The Morgan fingerprint density at radius 2 is 1.00 bits per heavy atom. The SMILES string of the molecule is O=C(CCCC(=O)OCCCc1ccccc1)OCCCc1ccccc1. The molecule has 0 aliphatic carbocycles. The summed E-state index contributed by atoms with van der Waals surface area (Å²) in [6.45, 7) is 0.829. The molecular formula is C23H28O4. The van der Waals surface area contributed by atoms with Crippen LogP contribution in [-0.2, 0) is 31.9 Å². The second kappa shape index (κ2) is 12.7. The molecule has 2 aromatic rings. The Bertz CT molecular complexity index is 608. The van der Waals surface area contributed by atoms with Gasteiger partial charge in [0.2, 0.25) is 0 Å². The summed E-state index contributed by atoms with van der Waals surface area (Å²) in [6, 6.07) is 20.2. The molecule has 0 unspecified atom stereocenters. The second-order valence-corrected chi connectivity index (χ2v) is 6.47. The molecule has 0 fully saturated rings. The van der Waals surface area contributed by atoms with Gasteiger partial charge in [-0.1, -0.05) is 60.7 Å². The topological polar surface area (TPSA) is 52.6 Å². The zero-order chi connectivity index (χ0) is 19.2. The average molecular weight is 368 g/mol. The Hall–Kier alpha value is -2.62. The van der Waals surface area contributed by atoms with Gasteiger partial charge in [0.05, 0.1) is 13.2 Å². The van der Waals surface area contributed by atoms with E-state index in [1.165, 1.54) is 11.1 Å². The number of aryl methyl sites for hydroxylation is 2. The Balaban J connectivity index is 1.44. The van der Waals surface area contributed by atoms with Crippen molar-refractivity contribution < 1.29 is 19.1 Å². The minimum atomic E-state index is -0.250. The van der Waals surface area contributed by atoms with Crippen LogP contribution < -0.4 is 0 Å². The molecule has 4 heteroatoms. The molecule has 0 aliphatic heterocycles. The van der Waals surface area contributed by atoms with Crippen LogP contribution in [0.1, 0.15) is 43.2 Å². The summed E-state index contributed by atoms with van der Waals surface area (Å²) in [5, 5.41) is 0. The number of carbonyl (C=O) groups is 2. The quantitative estimate of drug-likeness (QED) is 0.409. The monoisotopic (exact) mass is 368 g/mol. The van der Waals surface area contributed by atoms with Crippen LogP contribution in [-0.4, -0.2) is 25.2 Å². The van der Waals surface area contributed by atoms with E-state index < -0.39 is 0 Å². The van der Waals surface area contributed by atoms with E-state index in [1.54, 1.807) is 0 Å². The van der Waals surface area contributed by atoms with E-state index in [4.69, 9.17) is 9.47 Å². The Kier molecular flexibility index (Phi) is 9.72. The van der Waals surface area contributed by atoms with Crippen LogP contribution in [0.25, 0.3) is 0 Å². The largest absolute Gasteiger partial charge is 0.466 e. The standard InChI is InChI=1S/C23H28O4/c24-22(26-18-8-14-20-10-3-1-4-11-20)16-7-17-23(25)27-19-9-15-21-12-5-2-6-13-21/h1-6,10-13H,7-9,14-19H2. The van der Waals surface area contributed by atoms with Crippen molar-refractivity contribution in [2.45, 2.75) is 44.9 Å². The second-order valence-electron chi connectivity index (χ2n) is 6.47. The molecule has 0 heterocycles. The van der Waals surface area contributed by atoms with Gasteiger partial charge in [-0.25, -0.2) is 0 Å². The summed E-state index contributed by atoms with van der Waals surface area (Å²) >= 11 is 0. The van der Waals surface area contributed by atoms with Gasteiger partial charge < -0.3 is 9.47 Å². The molecule has 0 aliphatic rings. The predicted molar refractivity (Wildman–Crippen MR) is 105 cm³/mol. The summed E-state index contributed by atoms with van der Waals surface area (Å²) in [4.78, 5) is 23.4. The lowest BCUT2D eigenvalue weighted by Crippen LogP contribution is -2.10. The maximum Gasteiger partial charge on any atom is 0.305 e. The Morgan fingerprint density at radius 1 is 0.593 bits per heavy atom. The van der Waals surface area contributed by atoms with Crippen LogP contribution in [0.15, 0.2) is 60.7 Å². The van der Waals surface area contributed by atoms with Gasteiger partial charge in [0.25, 0.3) is 0 Å². The fourth-order valence-corrected chi connectivity index (χ4v) is 2.74. The van der Waals surface area contributed by atoms with Gasteiger partial charge >= 0.3 is 11.9 Å². The molecule has 0 saturated carbocycles. The third kappa shape index (κ3) is 9.59. The zero-order valence-electron chi connectivity index (χ0n) is 15.8. The highest BCUT2D eigenvalue weighted by atomic mass is 16.5.